The van der Waals surface area contributed by atoms with Crippen LogP contribution in [0.15, 0.2) is 34.1 Å². The number of rotatable bonds is 2. The van der Waals surface area contributed by atoms with Gasteiger partial charge in [-0.05, 0) is 54.5 Å². The van der Waals surface area contributed by atoms with Crippen molar-refractivity contribution in [2.75, 3.05) is 0 Å². The fourth-order valence-electron chi connectivity index (χ4n) is 2.64. The van der Waals surface area contributed by atoms with E-state index >= 15 is 0 Å². The van der Waals surface area contributed by atoms with Gasteiger partial charge in [-0.25, -0.2) is 0 Å². The van der Waals surface area contributed by atoms with E-state index in [1.54, 1.807) is 17.4 Å². The molecule has 1 aromatic carbocycles. The Hall–Kier alpha value is -0.640. The highest BCUT2D eigenvalue weighted by molar-refractivity contribution is 9.10. The van der Waals surface area contributed by atoms with Gasteiger partial charge in [-0.1, -0.05) is 27.5 Å². The summed E-state index contributed by atoms with van der Waals surface area (Å²) in [6, 6.07) is 7.56. The van der Waals surface area contributed by atoms with Gasteiger partial charge in [-0.3, -0.25) is 4.79 Å². The monoisotopic (exact) mass is 354 g/mol. The molecule has 1 aromatic heterocycles. The van der Waals surface area contributed by atoms with Crippen LogP contribution < -0.4 is 0 Å². The lowest BCUT2D eigenvalue weighted by Gasteiger charge is -2.21. The van der Waals surface area contributed by atoms with Crippen molar-refractivity contribution in [2.45, 2.75) is 25.2 Å². The second kappa shape index (κ2) is 5.39. The highest BCUT2D eigenvalue weighted by atomic mass is 79.9. The Labute approximate surface area is 129 Å². The Morgan fingerprint density at radius 3 is 3.00 bits per heavy atom. The SMILES string of the molecule is O=C(c1ccc(Br)cc1Cl)C1CCCc2sccc21. The van der Waals surface area contributed by atoms with Crippen molar-refractivity contribution in [3.63, 3.8) is 0 Å². The predicted molar refractivity (Wildman–Crippen MR) is 83.5 cm³/mol. The van der Waals surface area contributed by atoms with E-state index < -0.39 is 0 Å². The predicted octanol–water partition coefficient (Wildman–Crippen LogP) is 5.47. The molecule has 0 bridgehead atoms. The number of hydrogen-bond acceptors (Lipinski definition) is 2. The number of Topliss-reactive ketones (excluding diaryl/α,β-unsaturated/α-hetero) is 1. The summed E-state index contributed by atoms with van der Waals surface area (Å²) in [5.74, 6) is 0.130. The minimum absolute atomic E-state index is 0.0197. The van der Waals surface area contributed by atoms with Crippen molar-refractivity contribution in [3.8, 4) is 0 Å². The molecule has 0 fully saturated rings. The molecule has 0 amide bonds. The van der Waals surface area contributed by atoms with E-state index in [2.05, 4.69) is 27.4 Å². The zero-order valence-electron chi connectivity index (χ0n) is 10.2. The maximum Gasteiger partial charge on any atom is 0.171 e. The van der Waals surface area contributed by atoms with E-state index in [-0.39, 0.29) is 11.7 Å². The first-order chi connectivity index (χ1) is 9.16. The molecule has 1 unspecified atom stereocenters. The summed E-state index contributed by atoms with van der Waals surface area (Å²) < 4.78 is 0.897. The smallest absolute Gasteiger partial charge is 0.171 e. The summed E-state index contributed by atoms with van der Waals surface area (Å²) in [6.45, 7) is 0. The lowest BCUT2D eigenvalue weighted by molar-refractivity contribution is 0.0951. The van der Waals surface area contributed by atoms with Gasteiger partial charge in [0.25, 0.3) is 0 Å². The van der Waals surface area contributed by atoms with Crippen molar-refractivity contribution < 1.29 is 4.79 Å². The maximum atomic E-state index is 12.7. The standard InChI is InChI=1S/C15H12BrClOS/c16-9-4-5-12(13(17)8-9)15(18)11-2-1-3-14-10(11)6-7-19-14/h4-8,11H,1-3H2. The lowest BCUT2D eigenvalue weighted by atomic mass is 9.82. The Morgan fingerprint density at radius 2 is 2.21 bits per heavy atom. The molecule has 2 aromatic rings. The van der Waals surface area contributed by atoms with Crippen LogP contribution in [-0.2, 0) is 6.42 Å². The van der Waals surface area contributed by atoms with Crippen molar-refractivity contribution in [3.05, 3.63) is 55.1 Å². The van der Waals surface area contributed by atoms with Gasteiger partial charge in [-0.15, -0.1) is 11.3 Å². The molecular weight excluding hydrogens is 344 g/mol. The fourth-order valence-corrected chi connectivity index (χ4v) is 4.39. The lowest BCUT2D eigenvalue weighted by Crippen LogP contribution is -2.17. The molecule has 0 saturated carbocycles. The minimum Gasteiger partial charge on any atom is -0.293 e. The van der Waals surface area contributed by atoms with Crippen LogP contribution in [0.2, 0.25) is 5.02 Å². The van der Waals surface area contributed by atoms with Crippen LogP contribution in [0.5, 0.6) is 0 Å². The second-order valence-electron chi connectivity index (χ2n) is 4.73. The molecule has 3 rings (SSSR count). The Morgan fingerprint density at radius 1 is 1.37 bits per heavy atom. The van der Waals surface area contributed by atoms with E-state index in [4.69, 9.17) is 11.6 Å². The van der Waals surface area contributed by atoms with E-state index in [0.29, 0.717) is 10.6 Å². The first-order valence-electron chi connectivity index (χ1n) is 6.22. The summed E-state index contributed by atoms with van der Waals surface area (Å²) in [4.78, 5) is 14.1. The molecule has 0 spiro atoms. The van der Waals surface area contributed by atoms with Gasteiger partial charge in [0, 0.05) is 20.8 Å². The molecule has 98 valence electrons. The Kier molecular flexibility index (Phi) is 3.79. The van der Waals surface area contributed by atoms with Crippen LogP contribution in [0.3, 0.4) is 0 Å². The number of thiophene rings is 1. The van der Waals surface area contributed by atoms with E-state index in [1.165, 1.54) is 10.4 Å². The van der Waals surface area contributed by atoms with Crippen LogP contribution in [0, 0.1) is 0 Å². The number of aryl methyl sites for hydroxylation is 1. The first kappa shape index (κ1) is 13.3. The van der Waals surface area contributed by atoms with Gasteiger partial charge in [0.2, 0.25) is 0 Å². The zero-order chi connectivity index (χ0) is 13.4. The summed E-state index contributed by atoms with van der Waals surface area (Å²) in [5.41, 5.74) is 1.84. The third-order valence-electron chi connectivity index (χ3n) is 3.57. The number of benzene rings is 1. The maximum absolute atomic E-state index is 12.7. The number of halogens is 2. The summed E-state index contributed by atoms with van der Waals surface area (Å²) >= 11 is 11.3. The van der Waals surface area contributed by atoms with Gasteiger partial charge in [0.05, 0.1) is 5.02 Å². The van der Waals surface area contributed by atoms with Gasteiger partial charge in [0.15, 0.2) is 5.78 Å². The number of ketones is 1. The number of hydrogen-bond donors (Lipinski definition) is 0. The number of fused-ring (bicyclic) bond motifs is 1. The topological polar surface area (TPSA) is 17.1 Å². The molecule has 1 heterocycles. The molecule has 1 aliphatic carbocycles. The molecule has 1 nitrogen and oxygen atoms in total. The van der Waals surface area contributed by atoms with Crippen LogP contribution in [0.1, 0.15) is 39.6 Å². The van der Waals surface area contributed by atoms with E-state index in [0.717, 1.165) is 23.7 Å². The quantitative estimate of drug-likeness (QED) is 0.653. The normalized spacial score (nSPS) is 18.1. The Bertz CT molecular complexity index is 635. The largest absolute Gasteiger partial charge is 0.293 e. The van der Waals surface area contributed by atoms with Crippen molar-refractivity contribution >= 4 is 44.7 Å². The minimum atomic E-state index is -0.0197. The van der Waals surface area contributed by atoms with Crippen LogP contribution in [0.4, 0.5) is 0 Å². The summed E-state index contributed by atoms with van der Waals surface area (Å²) in [5, 5.41) is 2.61. The van der Waals surface area contributed by atoms with Crippen molar-refractivity contribution in [1.82, 2.24) is 0 Å². The van der Waals surface area contributed by atoms with Gasteiger partial charge in [-0.2, -0.15) is 0 Å². The third-order valence-corrected chi connectivity index (χ3v) is 5.37. The average molecular weight is 356 g/mol. The first-order valence-corrected chi connectivity index (χ1v) is 8.27. The van der Waals surface area contributed by atoms with Crippen LogP contribution in [0.25, 0.3) is 0 Å². The van der Waals surface area contributed by atoms with E-state index in [1.807, 2.05) is 12.1 Å². The van der Waals surface area contributed by atoms with Crippen LogP contribution in [-0.4, -0.2) is 5.78 Å². The molecule has 0 N–H and O–H groups in total. The van der Waals surface area contributed by atoms with Gasteiger partial charge >= 0.3 is 0 Å². The average Bonchev–Trinajstić information content (AvgIpc) is 2.86. The number of carbonyl (C=O) groups excluding carboxylic acids is 1. The highest BCUT2D eigenvalue weighted by Crippen LogP contribution is 2.38. The molecule has 1 aliphatic rings. The highest BCUT2D eigenvalue weighted by Gasteiger charge is 2.29. The van der Waals surface area contributed by atoms with E-state index in [9.17, 15) is 4.79 Å². The second-order valence-corrected chi connectivity index (χ2v) is 7.06. The van der Waals surface area contributed by atoms with Gasteiger partial charge < -0.3 is 0 Å². The molecule has 0 radical (unpaired) electrons. The summed E-state index contributed by atoms with van der Waals surface area (Å²) in [6.07, 6.45) is 3.11. The molecule has 0 saturated heterocycles. The van der Waals surface area contributed by atoms with Crippen LogP contribution >= 0.6 is 38.9 Å². The van der Waals surface area contributed by atoms with Crippen molar-refractivity contribution in [2.24, 2.45) is 0 Å². The molecular formula is C15H12BrClOS. The van der Waals surface area contributed by atoms with Gasteiger partial charge in [0.1, 0.15) is 0 Å². The fraction of sp³-hybridized carbons (Fsp3) is 0.267. The molecule has 19 heavy (non-hydrogen) atoms. The molecule has 0 aliphatic heterocycles. The third kappa shape index (κ3) is 2.51. The number of carbonyl (C=O) groups is 1. The molecule has 4 heteroatoms. The summed E-state index contributed by atoms with van der Waals surface area (Å²) in [7, 11) is 0. The zero-order valence-corrected chi connectivity index (χ0v) is 13.3. The van der Waals surface area contributed by atoms with Crippen molar-refractivity contribution in [1.29, 1.82) is 0 Å². The molecule has 1 atom stereocenters. The Balaban J connectivity index is 1.98.